The fraction of sp³-hybridized carbons (Fsp3) is 0.379. The zero-order valence-electron chi connectivity index (χ0n) is 22.5. The van der Waals surface area contributed by atoms with Gasteiger partial charge in [0.05, 0.1) is 18.4 Å². The van der Waals surface area contributed by atoms with Gasteiger partial charge in [0, 0.05) is 47.9 Å². The lowest BCUT2D eigenvalue weighted by Gasteiger charge is -2.36. The number of benzene rings is 2. The van der Waals surface area contributed by atoms with Crippen LogP contribution in [0.4, 0.5) is 13.6 Å². The maximum Gasteiger partial charge on any atom is 0.410 e. The molecule has 3 N–H and O–H groups in total. The number of carbonyl (C=O) groups excluding carboxylic acids is 1. The van der Waals surface area contributed by atoms with E-state index in [1.165, 1.54) is 18.2 Å². The third-order valence-electron chi connectivity index (χ3n) is 6.72. The van der Waals surface area contributed by atoms with Gasteiger partial charge >= 0.3 is 6.09 Å². The number of fused-ring (bicyclic) bond motifs is 1. The molecule has 1 saturated heterocycles. The number of aromatic amines is 1. The van der Waals surface area contributed by atoms with Crippen LogP contribution in [0.2, 0.25) is 0 Å². The summed E-state index contributed by atoms with van der Waals surface area (Å²) in [4.78, 5) is 22.2. The van der Waals surface area contributed by atoms with Crippen LogP contribution in [0.1, 0.15) is 39.2 Å². The number of methoxy groups -OCH3 is 1. The summed E-state index contributed by atoms with van der Waals surface area (Å²) in [7, 11) is 1.55. The second-order valence-electron chi connectivity index (χ2n) is 10.8. The molecule has 0 saturated carbocycles. The summed E-state index contributed by atoms with van der Waals surface area (Å²) in [5.74, 6) is -0.813. The van der Waals surface area contributed by atoms with Crippen LogP contribution in [0.3, 0.4) is 0 Å². The van der Waals surface area contributed by atoms with Crippen molar-refractivity contribution in [1.82, 2.24) is 20.5 Å². The van der Waals surface area contributed by atoms with Gasteiger partial charge in [0.2, 0.25) is 5.90 Å². The van der Waals surface area contributed by atoms with Crippen LogP contribution < -0.4 is 10.6 Å². The normalized spacial score (nSPS) is 19.8. The topological polar surface area (TPSA) is 91.0 Å². The van der Waals surface area contributed by atoms with Gasteiger partial charge in [-0.15, -0.1) is 0 Å². The number of aliphatic imine (C=N–C) groups is 1. The lowest BCUT2D eigenvalue weighted by atomic mass is 10.0. The Morgan fingerprint density at radius 3 is 2.67 bits per heavy atom. The zero-order valence-corrected chi connectivity index (χ0v) is 22.5. The lowest BCUT2D eigenvalue weighted by Crippen LogP contribution is -2.54. The average molecular weight is 538 g/mol. The van der Waals surface area contributed by atoms with Gasteiger partial charge in [-0.3, -0.25) is 5.32 Å². The monoisotopic (exact) mass is 537 g/mol. The largest absolute Gasteiger partial charge is 0.481 e. The number of aromatic nitrogens is 1. The predicted octanol–water partition coefficient (Wildman–Crippen LogP) is 5.37. The van der Waals surface area contributed by atoms with Gasteiger partial charge in [-0.1, -0.05) is 12.1 Å². The number of likely N-dealkylation sites (tertiary alicyclic amines) is 1. The van der Waals surface area contributed by atoms with Gasteiger partial charge in [-0.2, -0.15) is 0 Å². The average Bonchev–Trinajstić information content (AvgIpc) is 3.31. The minimum Gasteiger partial charge on any atom is -0.481 e. The van der Waals surface area contributed by atoms with Gasteiger partial charge in [-0.25, -0.2) is 18.6 Å². The summed E-state index contributed by atoms with van der Waals surface area (Å²) in [6.07, 6.45) is 4.49. The van der Waals surface area contributed by atoms with Crippen molar-refractivity contribution < 1.29 is 23.0 Å². The molecular weight excluding hydrogens is 504 g/mol. The highest BCUT2D eigenvalue weighted by molar-refractivity contribution is 6.02. The highest BCUT2D eigenvalue weighted by Gasteiger charge is 2.30. The standard InChI is InChI=1S/C29H33F2N5O3/c1-29(2,3)39-28(37)36-12-6-7-18(16-36)33-27-34-24(14-25(35-27)38-4)20-15-32-23-11-10-17(13-19(20)23)26-21(30)8-5-9-22(26)31/h5,8-11,13-15,18,27,32-34H,6-7,12,16H2,1-4H3/t18-,27?/m1/s1. The highest BCUT2D eigenvalue weighted by Crippen LogP contribution is 2.32. The lowest BCUT2D eigenvalue weighted by molar-refractivity contribution is 0.0182. The Morgan fingerprint density at radius 1 is 1.18 bits per heavy atom. The van der Waals surface area contributed by atoms with Crippen LogP contribution in [0.15, 0.2) is 53.7 Å². The Morgan fingerprint density at radius 2 is 1.95 bits per heavy atom. The fourth-order valence-corrected chi connectivity index (χ4v) is 4.96. The number of hydrogen-bond acceptors (Lipinski definition) is 6. The van der Waals surface area contributed by atoms with Gasteiger partial charge < -0.3 is 24.7 Å². The SMILES string of the molecule is COC1=NC(N[C@@H]2CCCN(C(=O)OC(C)(C)C)C2)NC(c2c[nH]c3ccc(-c4c(F)cccc4F)cc23)=C1. The van der Waals surface area contributed by atoms with E-state index in [0.717, 1.165) is 35.0 Å². The molecule has 1 fully saturated rings. The number of carbonyl (C=O) groups is 1. The number of amides is 1. The van der Waals surface area contributed by atoms with Crippen molar-refractivity contribution in [2.24, 2.45) is 4.99 Å². The molecule has 1 amide bonds. The highest BCUT2D eigenvalue weighted by atomic mass is 19.1. The van der Waals surface area contributed by atoms with Crippen molar-refractivity contribution in [2.75, 3.05) is 20.2 Å². The molecule has 10 heteroatoms. The first-order valence-corrected chi connectivity index (χ1v) is 13.0. The first-order valence-electron chi connectivity index (χ1n) is 13.0. The molecule has 2 aromatic carbocycles. The number of H-pyrrole nitrogens is 1. The van der Waals surface area contributed by atoms with E-state index in [-0.39, 0.29) is 17.7 Å². The number of piperidine rings is 1. The molecule has 2 aliphatic heterocycles. The molecule has 3 heterocycles. The second kappa shape index (κ2) is 10.7. The molecule has 2 atom stereocenters. The van der Waals surface area contributed by atoms with Crippen LogP contribution in [0, 0.1) is 11.6 Å². The van der Waals surface area contributed by atoms with Crippen molar-refractivity contribution in [3.63, 3.8) is 0 Å². The van der Waals surface area contributed by atoms with Crippen LogP contribution in [0.5, 0.6) is 0 Å². The molecule has 0 radical (unpaired) electrons. The summed E-state index contributed by atoms with van der Waals surface area (Å²) in [5.41, 5.74) is 2.17. The van der Waals surface area contributed by atoms with E-state index >= 15 is 0 Å². The molecular formula is C29H33F2N5O3. The Labute approximate surface area is 226 Å². The Kier molecular flexibility index (Phi) is 7.31. The van der Waals surface area contributed by atoms with Crippen molar-refractivity contribution in [1.29, 1.82) is 0 Å². The van der Waals surface area contributed by atoms with Gasteiger partial charge in [0.1, 0.15) is 17.2 Å². The second-order valence-corrected chi connectivity index (χ2v) is 10.8. The predicted molar refractivity (Wildman–Crippen MR) is 147 cm³/mol. The maximum absolute atomic E-state index is 14.5. The summed E-state index contributed by atoms with van der Waals surface area (Å²) in [6, 6.07) is 9.10. The minimum atomic E-state index is -0.618. The molecule has 0 bridgehead atoms. The van der Waals surface area contributed by atoms with Gasteiger partial charge in [0.25, 0.3) is 0 Å². The number of nitrogens with zero attached hydrogens (tertiary/aromatic N) is 2. The van der Waals surface area contributed by atoms with E-state index < -0.39 is 23.5 Å². The smallest absolute Gasteiger partial charge is 0.410 e. The summed E-state index contributed by atoms with van der Waals surface area (Å²) in [5, 5.41) is 7.68. The van der Waals surface area contributed by atoms with E-state index in [1.54, 1.807) is 36.3 Å². The zero-order chi connectivity index (χ0) is 27.7. The summed E-state index contributed by atoms with van der Waals surface area (Å²) in [6.45, 7) is 6.70. The fourth-order valence-electron chi connectivity index (χ4n) is 4.96. The Balaban J connectivity index is 1.37. The van der Waals surface area contributed by atoms with Crippen molar-refractivity contribution in [3.05, 3.63) is 65.9 Å². The molecule has 1 aromatic heterocycles. The molecule has 8 nitrogen and oxygen atoms in total. The number of rotatable bonds is 4. The van der Waals surface area contributed by atoms with Gasteiger partial charge in [-0.05, 0) is 63.4 Å². The van der Waals surface area contributed by atoms with E-state index in [1.807, 2.05) is 27.0 Å². The first kappa shape index (κ1) is 26.7. The molecule has 3 aromatic rings. The molecule has 2 aliphatic rings. The Bertz CT molecular complexity index is 1420. The van der Waals surface area contributed by atoms with E-state index in [0.29, 0.717) is 24.6 Å². The third-order valence-corrected chi connectivity index (χ3v) is 6.72. The quantitative estimate of drug-likeness (QED) is 0.416. The van der Waals surface area contributed by atoms with E-state index in [9.17, 15) is 13.6 Å². The Hall–Kier alpha value is -3.92. The molecule has 39 heavy (non-hydrogen) atoms. The van der Waals surface area contributed by atoms with Crippen LogP contribution >= 0.6 is 0 Å². The molecule has 0 aliphatic carbocycles. The first-order chi connectivity index (χ1) is 18.6. The number of ether oxygens (including phenoxy) is 2. The van der Waals surface area contributed by atoms with E-state index in [2.05, 4.69) is 20.6 Å². The third kappa shape index (κ3) is 5.90. The number of nitrogens with one attached hydrogen (secondary N) is 3. The number of halogens is 2. The molecule has 1 unspecified atom stereocenters. The maximum atomic E-state index is 14.5. The number of hydrogen-bond donors (Lipinski definition) is 3. The molecule has 206 valence electrons. The summed E-state index contributed by atoms with van der Waals surface area (Å²) >= 11 is 0. The van der Waals surface area contributed by atoms with Crippen molar-refractivity contribution in [2.45, 2.75) is 51.5 Å². The minimum absolute atomic E-state index is 0.0106. The van der Waals surface area contributed by atoms with Crippen molar-refractivity contribution in [3.8, 4) is 11.1 Å². The summed E-state index contributed by atoms with van der Waals surface area (Å²) < 4.78 is 40.0. The molecule has 0 spiro atoms. The van der Waals surface area contributed by atoms with Crippen LogP contribution in [-0.4, -0.2) is 60.0 Å². The van der Waals surface area contributed by atoms with Crippen LogP contribution in [-0.2, 0) is 9.47 Å². The van der Waals surface area contributed by atoms with Crippen molar-refractivity contribution >= 4 is 28.6 Å². The van der Waals surface area contributed by atoms with Gasteiger partial charge in [0.15, 0.2) is 6.29 Å². The van der Waals surface area contributed by atoms with Crippen LogP contribution in [0.25, 0.3) is 27.7 Å². The molecule has 5 rings (SSSR count). The van der Waals surface area contributed by atoms with E-state index in [4.69, 9.17) is 9.47 Å².